The summed E-state index contributed by atoms with van der Waals surface area (Å²) in [6.45, 7) is 6.65. The van der Waals surface area contributed by atoms with Crippen molar-refractivity contribution < 1.29 is 9.53 Å². The lowest BCUT2D eigenvalue weighted by Gasteiger charge is -2.19. The molecule has 0 spiro atoms. The second-order valence-electron chi connectivity index (χ2n) is 4.53. The molecule has 1 aromatic carbocycles. The highest BCUT2D eigenvalue weighted by atomic mass is 28.4. The third-order valence-corrected chi connectivity index (χ3v) is 2.76. The summed E-state index contributed by atoms with van der Waals surface area (Å²) < 4.78 is 5.80. The van der Waals surface area contributed by atoms with Gasteiger partial charge in [-0.2, -0.15) is 0 Å². The fourth-order valence-electron chi connectivity index (χ4n) is 1.25. The van der Waals surface area contributed by atoms with Crippen molar-refractivity contribution in [2.24, 2.45) is 5.73 Å². The van der Waals surface area contributed by atoms with Gasteiger partial charge >= 0.3 is 0 Å². The van der Waals surface area contributed by atoms with Gasteiger partial charge in [-0.25, -0.2) is 0 Å². The summed E-state index contributed by atoms with van der Waals surface area (Å²) in [6.07, 6.45) is -0.578. The van der Waals surface area contributed by atoms with Crippen LogP contribution in [-0.4, -0.2) is 20.0 Å². The Morgan fingerprint density at radius 1 is 1.27 bits per heavy atom. The van der Waals surface area contributed by atoms with Crippen LogP contribution in [0.5, 0.6) is 5.75 Å². The van der Waals surface area contributed by atoms with Gasteiger partial charge in [-0.3, -0.25) is 0 Å². The summed E-state index contributed by atoms with van der Waals surface area (Å²) >= 11 is 0. The molecule has 0 heterocycles. The highest BCUT2D eigenvalue weighted by Gasteiger charge is 2.16. The van der Waals surface area contributed by atoms with Gasteiger partial charge in [-0.05, 0) is 37.3 Å². The Morgan fingerprint density at radius 3 is 2.20 bits per heavy atom. The molecule has 0 aromatic heterocycles. The maximum Gasteiger partial charge on any atom is 0.242 e. The van der Waals surface area contributed by atoms with Crippen LogP contribution in [0.25, 0.3) is 0 Å². The predicted molar refractivity (Wildman–Crippen MR) is 64.4 cm³/mol. The van der Waals surface area contributed by atoms with Crippen molar-refractivity contribution in [3.63, 3.8) is 0 Å². The molecule has 1 rings (SSSR count). The molecule has 84 valence electrons. The second-order valence-corrected chi connectivity index (χ2v) is 8.96. The molecule has 1 atom stereocenters. The number of hydrogen-bond donors (Lipinski definition) is 2. The number of benzene rings is 1. The SMILES string of the molecule is C[Si](C)(C)Oc1ccc(C(O)CN)cc1. The first kappa shape index (κ1) is 12.2. The minimum atomic E-state index is -1.54. The normalized spacial score (nSPS) is 13.7. The van der Waals surface area contributed by atoms with Crippen LogP contribution in [0.3, 0.4) is 0 Å². The van der Waals surface area contributed by atoms with Gasteiger partial charge in [0.05, 0.1) is 6.10 Å². The van der Waals surface area contributed by atoms with E-state index in [2.05, 4.69) is 19.6 Å². The molecule has 3 N–H and O–H groups in total. The van der Waals surface area contributed by atoms with Crippen molar-refractivity contribution in [2.45, 2.75) is 25.7 Å². The Hall–Kier alpha value is -0.843. The smallest absolute Gasteiger partial charge is 0.242 e. The molecule has 0 radical (unpaired) electrons. The summed E-state index contributed by atoms with van der Waals surface area (Å²) in [6, 6.07) is 7.47. The number of aliphatic hydroxyl groups excluding tert-OH is 1. The molecule has 1 aromatic rings. The molecule has 0 aliphatic rings. The minimum Gasteiger partial charge on any atom is -0.544 e. The van der Waals surface area contributed by atoms with E-state index in [1.54, 1.807) is 0 Å². The summed E-state index contributed by atoms with van der Waals surface area (Å²) in [4.78, 5) is 0. The third-order valence-electron chi connectivity index (χ3n) is 1.91. The molecule has 3 nitrogen and oxygen atoms in total. The highest BCUT2D eigenvalue weighted by molar-refractivity contribution is 6.70. The molecule has 1 unspecified atom stereocenters. The van der Waals surface area contributed by atoms with E-state index in [9.17, 15) is 5.11 Å². The van der Waals surface area contributed by atoms with E-state index in [1.165, 1.54) is 0 Å². The Bertz CT molecular complexity index is 305. The fourth-order valence-corrected chi connectivity index (χ4v) is 2.09. The quantitative estimate of drug-likeness (QED) is 0.769. The molecule has 0 aliphatic carbocycles. The van der Waals surface area contributed by atoms with Gasteiger partial charge in [0.25, 0.3) is 0 Å². The Balaban J connectivity index is 2.72. The van der Waals surface area contributed by atoms with Crippen LogP contribution in [0.2, 0.25) is 19.6 Å². The first-order valence-corrected chi connectivity index (χ1v) is 8.50. The lowest BCUT2D eigenvalue weighted by molar-refractivity contribution is 0.186. The van der Waals surface area contributed by atoms with Crippen LogP contribution < -0.4 is 10.2 Å². The van der Waals surface area contributed by atoms with Gasteiger partial charge in [-0.15, -0.1) is 0 Å². The maximum absolute atomic E-state index is 9.50. The molecule has 0 fully saturated rings. The highest BCUT2D eigenvalue weighted by Crippen LogP contribution is 2.19. The third kappa shape index (κ3) is 4.03. The Labute approximate surface area is 92.0 Å². The van der Waals surface area contributed by atoms with E-state index in [-0.39, 0.29) is 6.54 Å². The van der Waals surface area contributed by atoms with E-state index < -0.39 is 14.4 Å². The van der Waals surface area contributed by atoms with E-state index in [4.69, 9.17) is 10.2 Å². The molecule has 0 bridgehead atoms. The topological polar surface area (TPSA) is 55.5 Å². The zero-order valence-corrected chi connectivity index (χ0v) is 10.5. The van der Waals surface area contributed by atoms with Gasteiger partial charge in [-0.1, -0.05) is 12.1 Å². The van der Waals surface area contributed by atoms with Crippen molar-refractivity contribution in [3.8, 4) is 5.75 Å². The van der Waals surface area contributed by atoms with Crippen LogP contribution in [-0.2, 0) is 0 Å². The van der Waals surface area contributed by atoms with Crippen LogP contribution in [0.4, 0.5) is 0 Å². The van der Waals surface area contributed by atoms with E-state index in [0.29, 0.717) is 0 Å². The standard InChI is InChI=1S/C11H19NO2Si/c1-15(2,3)14-10-6-4-9(5-7-10)11(13)8-12/h4-7,11,13H,8,12H2,1-3H3. The summed E-state index contributed by atoms with van der Waals surface area (Å²) in [7, 11) is -1.54. The average molecular weight is 225 g/mol. The lowest BCUT2D eigenvalue weighted by atomic mass is 10.1. The van der Waals surface area contributed by atoms with E-state index >= 15 is 0 Å². The van der Waals surface area contributed by atoms with Crippen molar-refractivity contribution >= 4 is 8.32 Å². The van der Waals surface area contributed by atoms with Gasteiger partial charge < -0.3 is 15.3 Å². The van der Waals surface area contributed by atoms with Crippen molar-refractivity contribution in [3.05, 3.63) is 29.8 Å². The minimum absolute atomic E-state index is 0.244. The molecule has 4 heteroatoms. The molecular formula is C11H19NO2Si. The summed E-state index contributed by atoms with van der Waals surface area (Å²) in [5.74, 6) is 0.863. The van der Waals surface area contributed by atoms with Gasteiger partial charge in [0.15, 0.2) is 0 Å². The van der Waals surface area contributed by atoms with Crippen molar-refractivity contribution in [1.29, 1.82) is 0 Å². The Kier molecular flexibility index (Phi) is 3.90. The number of aliphatic hydroxyl groups is 1. The predicted octanol–water partition coefficient (Wildman–Crippen LogP) is 1.89. The van der Waals surface area contributed by atoms with Gasteiger partial charge in [0.2, 0.25) is 8.32 Å². The number of rotatable bonds is 4. The van der Waals surface area contributed by atoms with Gasteiger partial charge in [0, 0.05) is 6.54 Å². The van der Waals surface area contributed by atoms with Crippen molar-refractivity contribution in [1.82, 2.24) is 0 Å². The zero-order valence-electron chi connectivity index (χ0n) is 9.53. The summed E-state index contributed by atoms with van der Waals surface area (Å²) in [5.41, 5.74) is 6.20. The van der Waals surface area contributed by atoms with E-state index in [0.717, 1.165) is 11.3 Å². The lowest BCUT2D eigenvalue weighted by Crippen LogP contribution is -2.29. The number of hydrogen-bond acceptors (Lipinski definition) is 3. The van der Waals surface area contributed by atoms with Crippen LogP contribution >= 0.6 is 0 Å². The molecule has 0 saturated heterocycles. The van der Waals surface area contributed by atoms with Crippen molar-refractivity contribution in [2.75, 3.05) is 6.54 Å². The maximum atomic E-state index is 9.50. The summed E-state index contributed by atoms with van der Waals surface area (Å²) in [5, 5.41) is 9.50. The zero-order chi connectivity index (χ0) is 11.5. The van der Waals surface area contributed by atoms with E-state index in [1.807, 2.05) is 24.3 Å². The average Bonchev–Trinajstić information content (AvgIpc) is 2.15. The monoisotopic (exact) mass is 225 g/mol. The molecule has 0 amide bonds. The molecular weight excluding hydrogens is 206 g/mol. The van der Waals surface area contributed by atoms with Crippen LogP contribution in [0, 0.1) is 0 Å². The molecule has 15 heavy (non-hydrogen) atoms. The van der Waals surface area contributed by atoms with Crippen LogP contribution in [0.1, 0.15) is 11.7 Å². The molecule has 0 saturated carbocycles. The first-order valence-electron chi connectivity index (χ1n) is 5.09. The van der Waals surface area contributed by atoms with Gasteiger partial charge in [0.1, 0.15) is 5.75 Å². The fraction of sp³-hybridized carbons (Fsp3) is 0.455. The second kappa shape index (κ2) is 4.79. The largest absolute Gasteiger partial charge is 0.544 e. The molecule has 0 aliphatic heterocycles. The van der Waals surface area contributed by atoms with Crippen LogP contribution in [0.15, 0.2) is 24.3 Å². The first-order chi connectivity index (χ1) is 6.92. The number of nitrogens with two attached hydrogens (primary N) is 1. The Morgan fingerprint density at radius 2 is 1.80 bits per heavy atom.